The third kappa shape index (κ3) is 2.96. The maximum atomic E-state index is 11.7. The standard InChI is InChI=1S/C10H20N2O2/c1-8-7-11(3)4-5-12(8)10(14)6-9(2)13/h8-9,13H,4-7H2,1-3H3/t8-,9?/m1/s1. The predicted molar refractivity (Wildman–Crippen MR) is 55.0 cm³/mol. The second kappa shape index (κ2) is 4.75. The minimum absolute atomic E-state index is 0.0700. The maximum Gasteiger partial charge on any atom is 0.225 e. The highest BCUT2D eigenvalue weighted by molar-refractivity contribution is 5.77. The summed E-state index contributed by atoms with van der Waals surface area (Å²) in [5, 5.41) is 9.13. The lowest BCUT2D eigenvalue weighted by Crippen LogP contribution is -2.53. The lowest BCUT2D eigenvalue weighted by Gasteiger charge is -2.38. The van der Waals surface area contributed by atoms with E-state index in [1.165, 1.54) is 0 Å². The molecule has 1 amide bonds. The van der Waals surface area contributed by atoms with Gasteiger partial charge in [0.1, 0.15) is 0 Å². The lowest BCUT2D eigenvalue weighted by atomic mass is 10.1. The highest BCUT2D eigenvalue weighted by Crippen LogP contribution is 2.10. The van der Waals surface area contributed by atoms with Gasteiger partial charge in [0.2, 0.25) is 5.91 Å². The summed E-state index contributed by atoms with van der Waals surface area (Å²) in [5.74, 6) is 0.0700. The van der Waals surface area contributed by atoms with Gasteiger partial charge in [-0.2, -0.15) is 0 Å². The number of amides is 1. The van der Waals surface area contributed by atoms with Crippen LogP contribution in [0.4, 0.5) is 0 Å². The van der Waals surface area contributed by atoms with E-state index < -0.39 is 6.10 Å². The van der Waals surface area contributed by atoms with Gasteiger partial charge in [-0.15, -0.1) is 0 Å². The molecule has 1 saturated heterocycles. The average Bonchev–Trinajstić information content (AvgIpc) is 2.01. The monoisotopic (exact) mass is 200 g/mol. The third-order valence-corrected chi connectivity index (χ3v) is 2.62. The van der Waals surface area contributed by atoms with Crippen LogP contribution in [0.3, 0.4) is 0 Å². The van der Waals surface area contributed by atoms with Crippen LogP contribution in [0.25, 0.3) is 0 Å². The Morgan fingerprint density at radius 3 is 2.71 bits per heavy atom. The lowest BCUT2D eigenvalue weighted by molar-refractivity contribution is -0.137. The van der Waals surface area contributed by atoms with Gasteiger partial charge < -0.3 is 14.9 Å². The van der Waals surface area contributed by atoms with E-state index in [2.05, 4.69) is 18.9 Å². The first-order valence-electron chi connectivity index (χ1n) is 5.16. The summed E-state index contributed by atoms with van der Waals surface area (Å²) in [4.78, 5) is 15.8. The molecule has 1 aliphatic heterocycles. The van der Waals surface area contributed by atoms with Crippen molar-refractivity contribution in [3.63, 3.8) is 0 Å². The van der Waals surface area contributed by atoms with E-state index in [1.807, 2.05) is 4.90 Å². The number of aliphatic hydroxyl groups excluding tert-OH is 1. The molecule has 0 aromatic rings. The highest BCUT2D eigenvalue weighted by atomic mass is 16.3. The van der Waals surface area contributed by atoms with Gasteiger partial charge in [-0.05, 0) is 20.9 Å². The fourth-order valence-electron chi connectivity index (χ4n) is 1.88. The smallest absolute Gasteiger partial charge is 0.225 e. The SMILES string of the molecule is CC(O)CC(=O)N1CCN(C)C[C@H]1C. The number of hydrogen-bond acceptors (Lipinski definition) is 3. The van der Waals surface area contributed by atoms with E-state index in [-0.39, 0.29) is 18.4 Å². The van der Waals surface area contributed by atoms with Gasteiger partial charge in [-0.1, -0.05) is 0 Å². The molecule has 1 unspecified atom stereocenters. The molecule has 1 aliphatic rings. The molecule has 0 radical (unpaired) electrons. The summed E-state index contributed by atoms with van der Waals surface area (Å²) < 4.78 is 0. The summed E-state index contributed by atoms with van der Waals surface area (Å²) >= 11 is 0. The molecule has 0 aliphatic carbocycles. The van der Waals surface area contributed by atoms with Gasteiger partial charge in [-0.3, -0.25) is 4.79 Å². The normalized spacial score (nSPS) is 26.3. The second-order valence-corrected chi connectivity index (χ2v) is 4.25. The zero-order valence-electron chi connectivity index (χ0n) is 9.23. The molecule has 1 rings (SSSR count). The molecular weight excluding hydrogens is 180 g/mol. The number of aliphatic hydroxyl groups is 1. The van der Waals surface area contributed by atoms with Crippen molar-refractivity contribution in [3.8, 4) is 0 Å². The van der Waals surface area contributed by atoms with Crippen LogP contribution in [0.1, 0.15) is 20.3 Å². The molecule has 0 aromatic heterocycles. The minimum atomic E-state index is -0.533. The van der Waals surface area contributed by atoms with E-state index in [1.54, 1.807) is 6.92 Å². The van der Waals surface area contributed by atoms with Crippen molar-refractivity contribution in [1.29, 1.82) is 0 Å². The summed E-state index contributed by atoms with van der Waals surface area (Å²) in [6.45, 7) is 6.33. The van der Waals surface area contributed by atoms with Gasteiger partial charge in [-0.25, -0.2) is 0 Å². The van der Waals surface area contributed by atoms with Crippen LogP contribution in [0, 0.1) is 0 Å². The Kier molecular flexibility index (Phi) is 3.89. The zero-order chi connectivity index (χ0) is 10.7. The largest absolute Gasteiger partial charge is 0.393 e. The predicted octanol–water partition coefficient (Wildman–Crippen LogP) is -0.0802. The van der Waals surface area contributed by atoms with Crippen molar-refractivity contribution in [1.82, 2.24) is 9.80 Å². The summed E-state index contributed by atoms with van der Waals surface area (Å²) in [5.41, 5.74) is 0. The molecule has 1 N–H and O–H groups in total. The second-order valence-electron chi connectivity index (χ2n) is 4.25. The van der Waals surface area contributed by atoms with Crippen molar-refractivity contribution >= 4 is 5.91 Å². The molecule has 1 heterocycles. The van der Waals surface area contributed by atoms with Gasteiger partial charge in [0.05, 0.1) is 12.5 Å². The zero-order valence-corrected chi connectivity index (χ0v) is 9.23. The molecule has 0 bridgehead atoms. The van der Waals surface area contributed by atoms with Gasteiger partial charge in [0, 0.05) is 25.7 Å². The van der Waals surface area contributed by atoms with Crippen molar-refractivity contribution in [3.05, 3.63) is 0 Å². The van der Waals surface area contributed by atoms with Gasteiger partial charge >= 0.3 is 0 Å². The molecule has 14 heavy (non-hydrogen) atoms. The van der Waals surface area contributed by atoms with Crippen LogP contribution >= 0.6 is 0 Å². The number of nitrogens with zero attached hydrogens (tertiary/aromatic N) is 2. The Balaban J connectivity index is 2.47. The summed E-state index contributed by atoms with van der Waals surface area (Å²) in [6, 6.07) is 0.264. The topological polar surface area (TPSA) is 43.8 Å². The molecule has 2 atom stereocenters. The van der Waals surface area contributed by atoms with Crippen LogP contribution < -0.4 is 0 Å². The van der Waals surface area contributed by atoms with Crippen molar-refractivity contribution in [2.75, 3.05) is 26.7 Å². The fraction of sp³-hybridized carbons (Fsp3) is 0.900. The first kappa shape index (κ1) is 11.5. The van der Waals surface area contributed by atoms with Crippen molar-refractivity contribution in [2.45, 2.75) is 32.4 Å². The number of rotatable bonds is 2. The molecule has 82 valence electrons. The molecule has 0 aromatic carbocycles. The van der Waals surface area contributed by atoms with E-state index in [4.69, 9.17) is 5.11 Å². The average molecular weight is 200 g/mol. The van der Waals surface area contributed by atoms with Crippen LogP contribution in [-0.4, -0.2) is 59.6 Å². The first-order chi connectivity index (χ1) is 6.50. The Hall–Kier alpha value is -0.610. The molecule has 0 spiro atoms. The van der Waals surface area contributed by atoms with E-state index in [0.717, 1.165) is 19.6 Å². The Labute approximate surface area is 85.5 Å². The van der Waals surface area contributed by atoms with Crippen LogP contribution in [0.5, 0.6) is 0 Å². The first-order valence-corrected chi connectivity index (χ1v) is 5.16. The third-order valence-electron chi connectivity index (χ3n) is 2.62. The van der Waals surface area contributed by atoms with Crippen molar-refractivity contribution < 1.29 is 9.90 Å². The minimum Gasteiger partial charge on any atom is -0.393 e. The van der Waals surface area contributed by atoms with Crippen LogP contribution in [-0.2, 0) is 4.79 Å². The number of carbonyl (C=O) groups is 1. The van der Waals surface area contributed by atoms with Crippen molar-refractivity contribution in [2.24, 2.45) is 0 Å². The summed E-state index contributed by atoms with van der Waals surface area (Å²) in [7, 11) is 2.06. The molecule has 1 fully saturated rings. The Bertz CT molecular complexity index is 206. The number of piperazine rings is 1. The molecule has 4 heteroatoms. The summed E-state index contributed by atoms with van der Waals surface area (Å²) in [6.07, 6.45) is -0.289. The molecule has 4 nitrogen and oxygen atoms in total. The van der Waals surface area contributed by atoms with E-state index in [9.17, 15) is 4.79 Å². The fourth-order valence-corrected chi connectivity index (χ4v) is 1.88. The number of carbonyl (C=O) groups excluding carboxylic acids is 1. The quantitative estimate of drug-likeness (QED) is 0.678. The van der Waals surface area contributed by atoms with Crippen LogP contribution in [0.15, 0.2) is 0 Å². The Morgan fingerprint density at radius 2 is 2.21 bits per heavy atom. The number of likely N-dealkylation sites (N-methyl/N-ethyl adjacent to an activating group) is 1. The highest BCUT2D eigenvalue weighted by Gasteiger charge is 2.25. The van der Waals surface area contributed by atoms with Crippen LogP contribution in [0.2, 0.25) is 0 Å². The Morgan fingerprint density at radius 1 is 1.57 bits per heavy atom. The molecule has 0 saturated carbocycles. The molecular formula is C10H20N2O2. The van der Waals surface area contributed by atoms with Gasteiger partial charge in [0.15, 0.2) is 0 Å². The maximum absolute atomic E-state index is 11.7. The number of hydrogen-bond donors (Lipinski definition) is 1. The van der Waals surface area contributed by atoms with E-state index in [0.29, 0.717) is 0 Å². The van der Waals surface area contributed by atoms with Gasteiger partial charge in [0.25, 0.3) is 0 Å². The van der Waals surface area contributed by atoms with E-state index >= 15 is 0 Å².